The van der Waals surface area contributed by atoms with Crippen LogP contribution in [0, 0.1) is 0 Å². The number of rotatable bonds is 5. The molecule has 2 aromatic carbocycles. The quantitative estimate of drug-likeness (QED) is 0.746. The van der Waals surface area contributed by atoms with E-state index in [4.69, 9.17) is 22.1 Å². The van der Waals surface area contributed by atoms with Gasteiger partial charge in [0, 0.05) is 30.4 Å². The number of nitrogens with one attached hydrogen (secondary N) is 1. The molecule has 0 aliphatic heterocycles. The average molecular weight is 314 g/mol. The lowest BCUT2D eigenvalue weighted by Crippen LogP contribution is -2.13. The number of ether oxygens (including phenoxy) is 1. The fourth-order valence-electron chi connectivity index (χ4n) is 2.25. The van der Waals surface area contributed by atoms with Crippen molar-refractivity contribution < 1.29 is 4.74 Å². The lowest BCUT2D eigenvalue weighted by molar-refractivity contribution is 0.487. The largest absolute Gasteiger partial charge is 0.455 e. The van der Waals surface area contributed by atoms with Crippen LogP contribution in [0.15, 0.2) is 54.7 Å². The number of hydrogen-bond acceptors (Lipinski definition) is 4. The summed E-state index contributed by atoms with van der Waals surface area (Å²) >= 11 is 6.35. The van der Waals surface area contributed by atoms with Crippen molar-refractivity contribution in [1.82, 2.24) is 4.98 Å². The van der Waals surface area contributed by atoms with Crippen LogP contribution in [0.5, 0.6) is 11.5 Å². The first-order valence-electron chi connectivity index (χ1n) is 7.03. The zero-order valence-corrected chi connectivity index (χ0v) is 12.7. The maximum Gasteiger partial charge on any atom is 0.153 e. The zero-order chi connectivity index (χ0) is 15.4. The SMILES string of the molecule is NCCNc1ccnc2c(Oc3ccccc3)ccc(Cl)c12. The summed E-state index contributed by atoms with van der Waals surface area (Å²) < 4.78 is 5.93. The molecule has 0 aliphatic carbocycles. The Morgan fingerprint density at radius 3 is 2.68 bits per heavy atom. The minimum absolute atomic E-state index is 0.543. The van der Waals surface area contributed by atoms with Gasteiger partial charge in [0.2, 0.25) is 0 Å². The van der Waals surface area contributed by atoms with Gasteiger partial charge in [-0.3, -0.25) is 4.98 Å². The van der Waals surface area contributed by atoms with Crippen molar-refractivity contribution in [3.8, 4) is 11.5 Å². The number of nitrogens with two attached hydrogens (primary N) is 1. The van der Waals surface area contributed by atoms with Crippen molar-refractivity contribution in [2.45, 2.75) is 0 Å². The molecule has 5 heteroatoms. The van der Waals surface area contributed by atoms with Gasteiger partial charge in [-0.15, -0.1) is 0 Å². The summed E-state index contributed by atoms with van der Waals surface area (Å²) in [5.41, 5.74) is 7.18. The molecule has 0 saturated heterocycles. The van der Waals surface area contributed by atoms with Crippen LogP contribution in [0.25, 0.3) is 10.9 Å². The molecule has 0 atom stereocenters. The Labute approximate surface area is 133 Å². The first-order chi connectivity index (χ1) is 10.8. The predicted octanol–water partition coefficient (Wildman–Crippen LogP) is 4.05. The fourth-order valence-corrected chi connectivity index (χ4v) is 2.51. The summed E-state index contributed by atoms with van der Waals surface area (Å²) in [5.74, 6) is 1.43. The van der Waals surface area contributed by atoms with E-state index in [-0.39, 0.29) is 0 Å². The summed E-state index contributed by atoms with van der Waals surface area (Å²) in [6.45, 7) is 1.21. The molecular formula is C17H16ClN3O. The number of halogens is 1. The highest BCUT2D eigenvalue weighted by molar-refractivity contribution is 6.36. The number of hydrogen-bond donors (Lipinski definition) is 2. The molecule has 3 N–H and O–H groups in total. The summed E-state index contributed by atoms with van der Waals surface area (Å²) in [6, 6.07) is 15.1. The highest BCUT2D eigenvalue weighted by Gasteiger charge is 2.11. The molecule has 0 aliphatic rings. The molecule has 1 heterocycles. The number of aromatic nitrogens is 1. The van der Waals surface area contributed by atoms with Gasteiger partial charge in [0.1, 0.15) is 11.3 Å². The second kappa shape index (κ2) is 6.64. The summed E-state index contributed by atoms with van der Waals surface area (Å²) in [5, 5.41) is 4.73. The first kappa shape index (κ1) is 14.6. The van der Waals surface area contributed by atoms with Crippen molar-refractivity contribution in [3.63, 3.8) is 0 Å². The molecule has 1 aromatic heterocycles. The van der Waals surface area contributed by atoms with E-state index in [1.165, 1.54) is 0 Å². The third kappa shape index (κ3) is 2.98. The van der Waals surface area contributed by atoms with Gasteiger partial charge in [0.15, 0.2) is 5.75 Å². The Balaban J connectivity index is 2.07. The third-order valence-corrected chi connectivity index (χ3v) is 3.55. The van der Waals surface area contributed by atoms with Gasteiger partial charge in [-0.1, -0.05) is 29.8 Å². The van der Waals surface area contributed by atoms with Crippen LogP contribution in [0.1, 0.15) is 0 Å². The fraction of sp³-hybridized carbons (Fsp3) is 0.118. The number of nitrogens with zero attached hydrogens (tertiary/aromatic N) is 1. The standard InChI is InChI=1S/C17H16ClN3O/c18-13-6-7-15(22-12-4-2-1-3-5-12)17-16(13)14(8-10-21-17)20-11-9-19/h1-8,10H,9,11,19H2,(H,20,21). The molecule has 3 rings (SSSR count). The van der Waals surface area contributed by atoms with Crippen LogP contribution in [-0.4, -0.2) is 18.1 Å². The van der Waals surface area contributed by atoms with Crippen LogP contribution in [0.3, 0.4) is 0 Å². The van der Waals surface area contributed by atoms with E-state index in [1.54, 1.807) is 6.20 Å². The molecule has 0 radical (unpaired) electrons. The number of fused-ring (bicyclic) bond motifs is 1. The van der Waals surface area contributed by atoms with E-state index >= 15 is 0 Å². The van der Waals surface area contributed by atoms with Gasteiger partial charge < -0.3 is 15.8 Å². The molecule has 0 saturated carbocycles. The third-order valence-electron chi connectivity index (χ3n) is 3.24. The van der Waals surface area contributed by atoms with Gasteiger partial charge >= 0.3 is 0 Å². The van der Waals surface area contributed by atoms with Crippen molar-refractivity contribution >= 4 is 28.2 Å². The average Bonchev–Trinajstić information content (AvgIpc) is 2.56. The summed E-state index contributed by atoms with van der Waals surface area (Å²) in [7, 11) is 0. The second-order valence-corrected chi connectivity index (χ2v) is 5.17. The Hall–Kier alpha value is -2.30. The smallest absolute Gasteiger partial charge is 0.153 e. The minimum atomic E-state index is 0.543. The molecule has 4 nitrogen and oxygen atoms in total. The van der Waals surface area contributed by atoms with Crippen LogP contribution in [-0.2, 0) is 0 Å². The Morgan fingerprint density at radius 2 is 1.91 bits per heavy atom. The molecule has 3 aromatic rings. The van der Waals surface area contributed by atoms with Gasteiger partial charge in [0.05, 0.1) is 5.02 Å². The Morgan fingerprint density at radius 1 is 1.09 bits per heavy atom. The molecule has 112 valence electrons. The lowest BCUT2D eigenvalue weighted by Gasteiger charge is -2.13. The monoisotopic (exact) mass is 313 g/mol. The zero-order valence-electron chi connectivity index (χ0n) is 11.9. The minimum Gasteiger partial charge on any atom is -0.455 e. The lowest BCUT2D eigenvalue weighted by atomic mass is 10.1. The highest BCUT2D eigenvalue weighted by atomic mass is 35.5. The van der Waals surface area contributed by atoms with Crippen LogP contribution in [0.2, 0.25) is 5.02 Å². The molecular weight excluding hydrogens is 298 g/mol. The van der Waals surface area contributed by atoms with Gasteiger partial charge in [-0.25, -0.2) is 0 Å². The van der Waals surface area contributed by atoms with E-state index < -0.39 is 0 Å². The van der Waals surface area contributed by atoms with E-state index in [2.05, 4.69) is 10.3 Å². The van der Waals surface area contributed by atoms with Crippen molar-refractivity contribution in [2.75, 3.05) is 18.4 Å². The van der Waals surface area contributed by atoms with Gasteiger partial charge in [-0.05, 0) is 30.3 Å². The second-order valence-electron chi connectivity index (χ2n) is 4.76. The van der Waals surface area contributed by atoms with E-state index in [0.717, 1.165) is 22.3 Å². The van der Waals surface area contributed by atoms with Gasteiger partial charge in [0.25, 0.3) is 0 Å². The first-order valence-corrected chi connectivity index (χ1v) is 7.41. The number of para-hydroxylation sites is 1. The molecule has 0 fully saturated rings. The molecule has 0 unspecified atom stereocenters. The Bertz CT molecular complexity index is 777. The predicted molar refractivity (Wildman–Crippen MR) is 90.8 cm³/mol. The molecule has 0 amide bonds. The van der Waals surface area contributed by atoms with Crippen LogP contribution in [0.4, 0.5) is 5.69 Å². The van der Waals surface area contributed by atoms with E-state index in [9.17, 15) is 0 Å². The highest BCUT2D eigenvalue weighted by Crippen LogP contribution is 2.36. The maximum atomic E-state index is 6.35. The topological polar surface area (TPSA) is 60.2 Å². The van der Waals surface area contributed by atoms with Crippen LogP contribution >= 0.6 is 11.6 Å². The van der Waals surface area contributed by atoms with E-state index in [0.29, 0.717) is 23.9 Å². The Kier molecular flexibility index (Phi) is 4.42. The number of pyridine rings is 1. The van der Waals surface area contributed by atoms with Crippen molar-refractivity contribution in [3.05, 3.63) is 59.8 Å². The summed E-state index contributed by atoms with van der Waals surface area (Å²) in [6.07, 6.45) is 1.73. The van der Waals surface area contributed by atoms with Crippen molar-refractivity contribution in [1.29, 1.82) is 0 Å². The number of anilines is 1. The molecule has 0 spiro atoms. The molecule has 0 bridgehead atoms. The molecule has 22 heavy (non-hydrogen) atoms. The number of benzene rings is 2. The summed E-state index contributed by atoms with van der Waals surface area (Å²) in [4.78, 5) is 4.43. The van der Waals surface area contributed by atoms with Crippen molar-refractivity contribution in [2.24, 2.45) is 5.73 Å². The van der Waals surface area contributed by atoms with Crippen LogP contribution < -0.4 is 15.8 Å². The van der Waals surface area contributed by atoms with E-state index in [1.807, 2.05) is 48.5 Å². The van der Waals surface area contributed by atoms with Gasteiger partial charge in [-0.2, -0.15) is 0 Å². The normalized spacial score (nSPS) is 10.6. The maximum absolute atomic E-state index is 6.35.